The quantitative estimate of drug-likeness (QED) is 0.584. The first-order valence-electron chi connectivity index (χ1n) is 7.58. The predicted octanol–water partition coefficient (Wildman–Crippen LogP) is 4.05. The van der Waals surface area contributed by atoms with Crippen molar-refractivity contribution in [2.75, 3.05) is 6.61 Å². The molecule has 0 amide bonds. The van der Waals surface area contributed by atoms with Crippen LogP contribution in [0.2, 0.25) is 0 Å². The summed E-state index contributed by atoms with van der Waals surface area (Å²) in [6.45, 7) is 11.9. The molecule has 0 heterocycles. The zero-order valence-corrected chi connectivity index (χ0v) is 13.6. The summed E-state index contributed by atoms with van der Waals surface area (Å²) in [4.78, 5) is 0. The number of benzene rings is 1. The third kappa shape index (κ3) is 4.80. The van der Waals surface area contributed by atoms with E-state index < -0.39 is 0 Å². The third-order valence-corrected chi connectivity index (χ3v) is 4.02. The summed E-state index contributed by atoms with van der Waals surface area (Å²) in [5.41, 5.74) is 4.38. The van der Waals surface area contributed by atoms with E-state index in [0.29, 0.717) is 5.92 Å². The van der Waals surface area contributed by atoms with E-state index in [-0.39, 0.29) is 11.5 Å². The van der Waals surface area contributed by atoms with Gasteiger partial charge in [0.15, 0.2) is 0 Å². The minimum atomic E-state index is 0.122. The lowest BCUT2D eigenvalue weighted by atomic mass is 9.77. The van der Waals surface area contributed by atoms with Gasteiger partial charge < -0.3 is 4.74 Å². The molecule has 2 unspecified atom stereocenters. The van der Waals surface area contributed by atoms with Gasteiger partial charge in [0, 0.05) is 11.6 Å². The second-order valence-electron chi connectivity index (χ2n) is 6.61. The third-order valence-electron chi connectivity index (χ3n) is 4.02. The molecule has 0 fully saturated rings. The molecule has 1 aromatic rings. The van der Waals surface area contributed by atoms with Gasteiger partial charge in [0.2, 0.25) is 0 Å². The molecule has 3 heteroatoms. The minimum Gasteiger partial charge on any atom is -0.493 e. The molecule has 3 nitrogen and oxygen atoms in total. The Bertz CT molecular complexity index is 398. The molecule has 0 saturated heterocycles. The molecule has 1 aromatic carbocycles. The average molecular weight is 278 g/mol. The highest BCUT2D eigenvalue weighted by atomic mass is 16.5. The maximum atomic E-state index is 5.84. The second kappa shape index (κ2) is 7.65. The van der Waals surface area contributed by atoms with Crippen LogP contribution >= 0.6 is 0 Å². The molecule has 20 heavy (non-hydrogen) atoms. The summed E-state index contributed by atoms with van der Waals surface area (Å²) in [5, 5.41) is 0. The Kier molecular flexibility index (Phi) is 6.50. The fourth-order valence-electron chi connectivity index (χ4n) is 2.10. The molecule has 0 bridgehead atoms. The maximum Gasteiger partial charge on any atom is 0.124 e. The molecule has 0 radical (unpaired) electrons. The number of nitrogens with one attached hydrogen (secondary N) is 1. The molecular weight excluding hydrogens is 248 g/mol. The summed E-state index contributed by atoms with van der Waals surface area (Å²) < 4.78 is 5.84. The van der Waals surface area contributed by atoms with Gasteiger partial charge in [-0.05, 0) is 30.2 Å². The van der Waals surface area contributed by atoms with Crippen molar-refractivity contribution in [2.45, 2.75) is 53.5 Å². The van der Waals surface area contributed by atoms with Gasteiger partial charge in [-0.25, -0.2) is 0 Å². The van der Waals surface area contributed by atoms with Crippen LogP contribution in [0.3, 0.4) is 0 Å². The van der Waals surface area contributed by atoms with Gasteiger partial charge in [-0.2, -0.15) is 0 Å². The molecule has 114 valence electrons. The van der Waals surface area contributed by atoms with E-state index >= 15 is 0 Å². The first kappa shape index (κ1) is 17.0. The van der Waals surface area contributed by atoms with Gasteiger partial charge >= 0.3 is 0 Å². The fourth-order valence-corrected chi connectivity index (χ4v) is 2.10. The van der Waals surface area contributed by atoms with Crippen molar-refractivity contribution in [3.63, 3.8) is 0 Å². The topological polar surface area (TPSA) is 47.3 Å². The number of hydrazine groups is 1. The highest BCUT2D eigenvalue weighted by Crippen LogP contribution is 2.35. The molecule has 0 aliphatic rings. The van der Waals surface area contributed by atoms with Gasteiger partial charge in [-0.15, -0.1) is 0 Å². The Hall–Kier alpha value is -1.06. The molecule has 0 spiro atoms. The summed E-state index contributed by atoms with van der Waals surface area (Å²) in [6.07, 6.45) is 2.00. The lowest BCUT2D eigenvalue weighted by molar-refractivity contribution is 0.220. The number of hydrogen-bond acceptors (Lipinski definition) is 3. The van der Waals surface area contributed by atoms with Crippen molar-refractivity contribution >= 4 is 0 Å². The van der Waals surface area contributed by atoms with Gasteiger partial charge in [0.1, 0.15) is 5.75 Å². The first-order valence-corrected chi connectivity index (χ1v) is 7.58. The van der Waals surface area contributed by atoms with Gasteiger partial charge in [-0.3, -0.25) is 11.3 Å². The first-order chi connectivity index (χ1) is 9.40. The maximum absolute atomic E-state index is 5.84. The van der Waals surface area contributed by atoms with E-state index in [1.165, 1.54) is 0 Å². The number of ether oxygens (including phenoxy) is 1. The molecule has 0 aliphatic heterocycles. The Morgan fingerprint density at radius 2 is 1.90 bits per heavy atom. The highest BCUT2D eigenvalue weighted by molar-refractivity contribution is 5.36. The van der Waals surface area contributed by atoms with E-state index in [4.69, 9.17) is 10.6 Å². The van der Waals surface area contributed by atoms with E-state index in [1.54, 1.807) is 0 Å². The zero-order chi connectivity index (χ0) is 15.2. The number of nitrogens with two attached hydrogens (primary N) is 1. The van der Waals surface area contributed by atoms with Crippen LogP contribution in [0.5, 0.6) is 5.75 Å². The van der Waals surface area contributed by atoms with Crippen molar-refractivity contribution in [1.29, 1.82) is 0 Å². The largest absolute Gasteiger partial charge is 0.493 e. The zero-order valence-electron chi connectivity index (χ0n) is 13.6. The Morgan fingerprint density at radius 1 is 1.25 bits per heavy atom. The van der Waals surface area contributed by atoms with Crippen LogP contribution < -0.4 is 16.0 Å². The molecular formula is C17H30N2O. The number of rotatable bonds is 7. The Labute approximate surface area is 123 Å². The van der Waals surface area contributed by atoms with Gasteiger partial charge in [0.25, 0.3) is 0 Å². The smallest absolute Gasteiger partial charge is 0.124 e. The normalized spacial score (nSPS) is 14.9. The molecule has 0 aromatic heterocycles. The highest BCUT2D eigenvalue weighted by Gasteiger charge is 2.25. The van der Waals surface area contributed by atoms with E-state index in [0.717, 1.165) is 30.8 Å². The van der Waals surface area contributed by atoms with Crippen LogP contribution in [-0.2, 0) is 0 Å². The SMILES string of the molecule is CCCOc1ccccc1C(CC(C)C(C)(C)C)NN. The van der Waals surface area contributed by atoms with Crippen LogP contribution in [-0.4, -0.2) is 6.61 Å². The molecule has 1 rings (SSSR count). The summed E-state index contributed by atoms with van der Waals surface area (Å²) in [6, 6.07) is 8.30. The lowest BCUT2D eigenvalue weighted by Crippen LogP contribution is -2.32. The Balaban J connectivity index is 2.89. The molecule has 2 atom stereocenters. The van der Waals surface area contributed by atoms with Crippen molar-refractivity contribution in [3.8, 4) is 5.75 Å². The fraction of sp³-hybridized carbons (Fsp3) is 0.647. The van der Waals surface area contributed by atoms with E-state index in [2.05, 4.69) is 46.1 Å². The standard InChI is InChI=1S/C17H30N2O/c1-6-11-20-16-10-8-7-9-14(16)15(19-18)12-13(2)17(3,4)5/h7-10,13,15,19H,6,11-12,18H2,1-5H3. The van der Waals surface area contributed by atoms with Gasteiger partial charge in [-0.1, -0.05) is 52.8 Å². The van der Waals surface area contributed by atoms with Crippen molar-refractivity contribution < 1.29 is 4.74 Å². The molecule has 0 aliphatic carbocycles. The van der Waals surface area contributed by atoms with Crippen LogP contribution in [0.15, 0.2) is 24.3 Å². The summed E-state index contributed by atoms with van der Waals surface area (Å²) in [5.74, 6) is 7.29. The van der Waals surface area contributed by atoms with Crippen molar-refractivity contribution in [1.82, 2.24) is 5.43 Å². The van der Waals surface area contributed by atoms with E-state index in [9.17, 15) is 0 Å². The molecule has 0 saturated carbocycles. The second-order valence-corrected chi connectivity index (χ2v) is 6.61. The number of hydrogen-bond donors (Lipinski definition) is 2. The van der Waals surface area contributed by atoms with Crippen LogP contribution in [0.4, 0.5) is 0 Å². The van der Waals surface area contributed by atoms with Crippen molar-refractivity contribution in [2.24, 2.45) is 17.2 Å². The number of para-hydroxylation sites is 1. The van der Waals surface area contributed by atoms with Crippen LogP contribution in [0, 0.1) is 11.3 Å². The summed E-state index contributed by atoms with van der Waals surface area (Å²) in [7, 11) is 0. The van der Waals surface area contributed by atoms with Gasteiger partial charge in [0.05, 0.1) is 6.61 Å². The molecule has 3 N–H and O–H groups in total. The monoisotopic (exact) mass is 278 g/mol. The minimum absolute atomic E-state index is 0.122. The Morgan fingerprint density at radius 3 is 2.45 bits per heavy atom. The lowest BCUT2D eigenvalue weighted by Gasteiger charge is -2.31. The summed E-state index contributed by atoms with van der Waals surface area (Å²) >= 11 is 0. The predicted molar refractivity (Wildman–Crippen MR) is 85.5 cm³/mol. The van der Waals surface area contributed by atoms with E-state index in [1.807, 2.05) is 18.2 Å². The van der Waals surface area contributed by atoms with Crippen LogP contribution in [0.1, 0.15) is 59.1 Å². The van der Waals surface area contributed by atoms with Crippen molar-refractivity contribution in [3.05, 3.63) is 29.8 Å². The van der Waals surface area contributed by atoms with Crippen LogP contribution in [0.25, 0.3) is 0 Å². The average Bonchev–Trinajstić information content (AvgIpc) is 2.41.